The largest absolute Gasteiger partial charge is 0.493 e. The van der Waals surface area contributed by atoms with Gasteiger partial charge in [0.05, 0.1) is 37.2 Å². The fraction of sp³-hybridized carbons (Fsp3) is 0.0870. The third kappa shape index (κ3) is 5.49. The van der Waals surface area contributed by atoms with Crippen LogP contribution in [0.25, 0.3) is 0 Å². The number of para-hydroxylation sites is 1. The Morgan fingerprint density at radius 3 is 2.26 bits per heavy atom. The lowest BCUT2D eigenvalue weighted by Gasteiger charge is -2.11. The molecular weight excluding hydrogens is 462 g/mol. The highest BCUT2D eigenvalue weighted by atomic mass is 79.9. The van der Waals surface area contributed by atoms with Gasteiger partial charge >= 0.3 is 0 Å². The maximum Gasteiger partial charge on any atom is 0.273 e. The maximum absolute atomic E-state index is 12.6. The average molecular weight is 482 g/mol. The minimum absolute atomic E-state index is 0.285. The summed E-state index contributed by atoms with van der Waals surface area (Å²) in [5.74, 6) is 0.359. The van der Waals surface area contributed by atoms with Gasteiger partial charge in [-0.2, -0.15) is 5.10 Å². The number of anilines is 1. The molecule has 0 aliphatic rings. The molecule has 0 radical (unpaired) electrons. The van der Waals surface area contributed by atoms with Crippen LogP contribution in [0, 0.1) is 0 Å². The Kier molecular flexibility index (Phi) is 7.40. The first-order valence-corrected chi connectivity index (χ1v) is 10.0. The highest BCUT2D eigenvalue weighted by Gasteiger charge is 2.15. The molecule has 8 heteroatoms. The van der Waals surface area contributed by atoms with Crippen LogP contribution in [0.3, 0.4) is 0 Å². The van der Waals surface area contributed by atoms with E-state index in [1.165, 1.54) is 6.21 Å². The van der Waals surface area contributed by atoms with Crippen LogP contribution in [0.4, 0.5) is 5.69 Å². The summed E-state index contributed by atoms with van der Waals surface area (Å²) in [6, 6.07) is 19.0. The van der Waals surface area contributed by atoms with Crippen LogP contribution in [-0.2, 0) is 0 Å². The molecule has 0 saturated carbocycles. The molecule has 2 N–H and O–H groups in total. The normalized spacial score (nSPS) is 10.5. The van der Waals surface area contributed by atoms with E-state index in [-0.39, 0.29) is 11.5 Å². The van der Waals surface area contributed by atoms with Crippen LogP contribution in [0.2, 0.25) is 0 Å². The fourth-order valence-electron chi connectivity index (χ4n) is 2.78. The number of rotatable bonds is 7. The van der Waals surface area contributed by atoms with E-state index in [2.05, 4.69) is 31.8 Å². The molecule has 0 aliphatic carbocycles. The zero-order valence-corrected chi connectivity index (χ0v) is 18.5. The number of ether oxygens (including phenoxy) is 2. The second kappa shape index (κ2) is 10.4. The van der Waals surface area contributed by atoms with Gasteiger partial charge in [-0.3, -0.25) is 9.59 Å². The van der Waals surface area contributed by atoms with Crippen LogP contribution in [0.5, 0.6) is 11.5 Å². The highest BCUT2D eigenvalue weighted by molar-refractivity contribution is 9.10. The van der Waals surface area contributed by atoms with E-state index < -0.39 is 5.91 Å². The van der Waals surface area contributed by atoms with Crippen molar-refractivity contribution in [3.8, 4) is 11.5 Å². The number of amides is 2. The average Bonchev–Trinajstić information content (AvgIpc) is 2.79. The molecule has 31 heavy (non-hydrogen) atoms. The van der Waals surface area contributed by atoms with Crippen LogP contribution in [-0.4, -0.2) is 32.2 Å². The minimum Gasteiger partial charge on any atom is -0.493 e. The second-order valence-electron chi connectivity index (χ2n) is 6.29. The van der Waals surface area contributed by atoms with Gasteiger partial charge in [0, 0.05) is 4.47 Å². The van der Waals surface area contributed by atoms with Gasteiger partial charge < -0.3 is 14.8 Å². The van der Waals surface area contributed by atoms with Crippen molar-refractivity contribution in [2.45, 2.75) is 0 Å². The minimum atomic E-state index is -0.459. The van der Waals surface area contributed by atoms with Gasteiger partial charge in [0.1, 0.15) is 0 Å². The van der Waals surface area contributed by atoms with Crippen molar-refractivity contribution in [1.29, 1.82) is 0 Å². The van der Waals surface area contributed by atoms with E-state index in [0.29, 0.717) is 32.8 Å². The number of hydrogen-bond donors (Lipinski definition) is 2. The smallest absolute Gasteiger partial charge is 0.273 e. The van der Waals surface area contributed by atoms with E-state index in [9.17, 15) is 9.59 Å². The Labute approximate surface area is 188 Å². The SMILES string of the molecule is COc1ccc(/C=N/NC(=O)c2ccccc2NC(=O)c2ccccc2Br)cc1OC. The molecule has 0 bridgehead atoms. The van der Waals surface area contributed by atoms with Gasteiger partial charge in [0.2, 0.25) is 0 Å². The molecule has 7 nitrogen and oxygen atoms in total. The molecule has 2 amide bonds. The summed E-state index contributed by atoms with van der Waals surface area (Å²) in [6.45, 7) is 0. The van der Waals surface area contributed by atoms with Gasteiger partial charge in [-0.25, -0.2) is 5.43 Å². The number of hydrazone groups is 1. The summed E-state index contributed by atoms with van der Waals surface area (Å²) < 4.78 is 11.1. The van der Waals surface area contributed by atoms with Crippen molar-refractivity contribution < 1.29 is 19.1 Å². The molecule has 0 unspecified atom stereocenters. The lowest BCUT2D eigenvalue weighted by Crippen LogP contribution is -2.21. The fourth-order valence-corrected chi connectivity index (χ4v) is 3.25. The number of nitrogens with one attached hydrogen (secondary N) is 2. The van der Waals surface area contributed by atoms with Crippen LogP contribution < -0.4 is 20.2 Å². The van der Waals surface area contributed by atoms with E-state index in [1.807, 2.05) is 6.07 Å². The predicted molar refractivity (Wildman–Crippen MR) is 123 cm³/mol. The van der Waals surface area contributed by atoms with Gasteiger partial charge in [-0.1, -0.05) is 24.3 Å². The molecule has 0 heterocycles. The number of nitrogens with zero attached hydrogens (tertiary/aromatic N) is 1. The zero-order chi connectivity index (χ0) is 22.2. The zero-order valence-electron chi connectivity index (χ0n) is 16.9. The topological polar surface area (TPSA) is 89.0 Å². The lowest BCUT2D eigenvalue weighted by molar-refractivity contribution is 0.0956. The molecule has 0 atom stereocenters. The van der Waals surface area contributed by atoms with Gasteiger partial charge in [0.25, 0.3) is 11.8 Å². The van der Waals surface area contributed by atoms with Gasteiger partial charge in [-0.05, 0) is 64.0 Å². The number of halogens is 1. The number of methoxy groups -OCH3 is 2. The Morgan fingerprint density at radius 1 is 0.871 bits per heavy atom. The van der Waals surface area contributed by atoms with E-state index in [1.54, 1.807) is 74.9 Å². The standard InChI is InChI=1S/C23H20BrN3O4/c1-30-20-12-11-15(13-21(20)31-2)14-25-27-23(29)17-8-4-6-10-19(17)26-22(28)16-7-3-5-9-18(16)24/h3-14H,1-2H3,(H,26,28)(H,27,29)/b25-14+. The summed E-state index contributed by atoms with van der Waals surface area (Å²) in [7, 11) is 3.10. The number of hydrogen-bond acceptors (Lipinski definition) is 5. The van der Waals surface area contributed by atoms with Crippen molar-refractivity contribution in [3.05, 3.63) is 87.9 Å². The number of carbonyl (C=O) groups excluding carboxylic acids is 2. The highest BCUT2D eigenvalue weighted by Crippen LogP contribution is 2.27. The van der Waals surface area contributed by atoms with Crippen molar-refractivity contribution in [3.63, 3.8) is 0 Å². The molecular formula is C23H20BrN3O4. The molecule has 0 fully saturated rings. The first kappa shape index (κ1) is 22.0. The van der Waals surface area contributed by atoms with Gasteiger partial charge in [0.15, 0.2) is 11.5 Å². The number of benzene rings is 3. The molecule has 3 rings (SSSR count). The van der Waals surface area contributed by atoms with Crippen LogP contribution in [0.15, 0.2) is 76.3 Å². The third-order valence-corrected chi connectivity index (χ3v) is 5.02. The maximum atomic E-state index is 12.6. The Balaban J connectivity index is 1.72. The molecule has 0 saturated heterocycles. The van der Waals surface area contributed by atoms with Crippen molar-refractivity contribution in [1.82, 2.24) is 5.43 Å². The first-order valence-electron chi connectivity index (χ1n) is 9.24. The van der Waals surface area contributed by atoms with Crippen molar-refractivity contribution in [2.75, 3.05) is 19.5 Å². The van der Waals surface area contributed by atoms with Crippen LogP contribution >= 0.6 is 15.9 Å². The second-order valence-corrected chi connectivity index (χ2v) is 7.15. The Bertz CT molecular complexity index is 1130. The summed E-state index contributed by atoms with van der Waals surface area (Å²) >= 11 is 3.36. The molecule has 3 aromatic rings. The Hall–Kier alpha value is -3.65. The summed E-state index contributed by atoms with van der Waals surface area (Å²) in [5.41, 5.74) is 4.32. The molecule has 0 aliphatic heterocycles. The predicted octanol–water partition coefficient (Wildman–Crippen LogP) is 4.48. The molecule has 0 aromatic heterocycles. The quantitative estimate of drug-likeness (QED) is 0.384. The monoisotopic (exact) mass is 481 g/mol. The van der Waals surface area contributed by atoms with Crippen molar-refractivity contribution in [2.24, 2.45) is 5.10 Å². The van der Waals surface area contributed by atoms with Crippen molar-refractivity contribution >= 4 is 39.6 Å². The lowest BCUT2D eigenvalue weighted by atomic mass is 10.1. The van der Waals surface area contributed by atoms with Crippen LogP contribution in [0.1, 0.15) is 26.3 Å². The molecule has 3 aromatic carbocycles. The van der Waals surface area contributed by atoms with E-state index in [0.717, 1.165) is 0 Å². The molecule has 158 valence electrons. The van der Waals surface area contributed by atoms with E-state index >= 15 is 0 Å². The van der Waals surface area contributed by atoms with E-state index in [4.69, 9.17) is 9.47 Å². The first-order chi connectivity index (χ1) is 15.0. The molecule has 0 spiro atoms. The Morgan fingerprint density at radius 2 is 1.55 bits per heavy atom. The summed E-state index contributed by atoms with van der Waals surface area (Å²) in [4.78, 5) is 25.2. The summed E-state index contributed by atoms with van der Waals surface area (Å²) in [5, 5.41) is 6.77. The number of carbonyl (C=O) groups is 2. The van der Waals surface area contributed by atoms with Gasteiger partial charge in [-0.15, -0.1) is 0 Å². The third-order valence-electron chi connectivity index (χ3n) is 4.33. The summed E-state index contributed by atoms with van der Waals surface area (Å²) in [6.07, 6.45) is 1.49.